The smallest absolute Gasteiger partial charge is 0.330 e. The van der Waals surface area contributed by atoms with Gasteiger partial charge in [0.2, 0.25) is 5.91 Å². The van der Waals surface area contributed by atoms with Crippen molar-refractivity contribution in [1.29, 1.82) is 0 Å². The molecule has 0 spiro atoms. The standard InChI is InChI=1S/C22H22Cl2N4O3/c1-2-27(17(29)12-11-15-9-6-10-16(23)18(15)24)19-20(25)28(22(31)26-21(19)30)13-14-7-4-3-5-8-14/h3-10H,2,11-13,25H2,1H3,(H,26,30,31). The number of nitrogen functional groups attached to an aromatic ring is 1. The van der Waals surface area contributed by atoms with Gasteiger partial charge in [0.05, 0.1) is 16.6 Å². The molecule has 3 aromatic rings. The number of hydrogen-bond acceptors (Lipinski definition) is 4. The minimum Gasteiger partial charge on any atom is -0.383 e. The molecule has 0 saturated carbocycles. The van der Waals surface area contributed by atoms with Gasteiger partial charge in [0, 0.05) is 13.0 Å². The molecule has 0 aliphatic carbocycles. The molecule has 162 valence electrons. The topological polar surface area (TPSA) is 101 Å². The summed E-state index contributed by atoms with van der Waals surface area (Å²) in [4.78, 5) is 41.4. The fraction of sp³-hybridized carbons (Fsp3) is 0.227. The Bertz CT molecular complexity index is 1210. The number of nitrogens with one attached hydrogen (secondary N) is 1. The van der Waals surface area contributed by atoms with Crippen LogP contribution >= 0.6 is 23.2 Å². The maximum atomic E-state index is 13.0. The molecule has 31 heavy (non-hydrogen) atoms. The maximum Gasteiger partial charge on any atom is 0.330 e. The Morgan fingerprint density at radius 1 is 1.10 bits per heavy atom. The quantitative estimate of drug-likeness (QED) is 0.563. The van der Waals surface area contributed by atoms with Gasteiger partial charge >= 0.3 is 5.69 Å². The number of carbonyl (C=O) groups excluding carboxylic acids is 1. The third-order valence-corrected chi connectivity index (χ3v) is 5.78. The van der Waals surface area contributed by atoms with E-state index in [2.05, 4.69) is 4.98 Å². The third kappa shape index (κ3) is 5.00. The van der Waals surface area contributed by atoms with Crippen LogP contribution in [0.4, 0.5) is 11.5 Å². The van der Waals surface area contributed by atoms with Crippen molar-refractivity contribution < 1.29 is 4.79 Å². The lowest BCUT2D eigenvalue weighted by molar-refractivity contribution is -0.118. The van der Waals surface area contributed by atoms with Crippen molar-refractivity contribution in [2.75, 3.05) is 17.2 Å². The highest BCUT2D eigenvalue weighted by Crippen LogP contribution is 2.27. The van der Waals surface area contributed by atoms with Crippen molar-refractivity contribution >= 4 is 40.6 Å². The number of aromatic amines is 1. The van der Waals surface area contributed by atoms with E-state index in [0.29, 0.717) is 16.5 Å². The van der Waals surface area contributed by atoms with Crippen LogP contribution in [0.3, 0.4) is 0 Å². The Balaban J connectivity index is 1.90. The Morgan fingerprint density at radius 3 is 2.48 bits per heavy atom. The van der Waals surface area contributed by atoms with E-state index in [1.807, 2.05) is 30.3 Å². The number of hydrogen-bond donors (Lipinski definition) is 2. The summed E-state index contributed by atoms with van der Waals surface area (Å²) in [6.45, 7) is 2.11. The Morgan fingerprint density at radius 2 is 1.81 bits per heavy atom. The molecule has 0 aliphatic heterocycles. The molecule has 0 aliphatic rings. The first-order chi connectivity index (χ1) is 14.8. The summed E-state index contributed by atoms with van der Waals surface area (Å²) in [6.07, 6.45) is 0.431. The number of halogens is 2. The van der Waals surface area contributed by atoms with Crippen LogP contribution < -0.4 is 21.9 Å². The van der Waals surface area contributed by atoms with Gasteiger partial charge < -0.3 is 10.6 Å². The molecular formula is C22H22Cl2N4O3. The number of nitrogens with zero attached hydrogens (tertiary/aromatic N) is 2. The fourth-order valence-corrected chi connectivity index (χ4v) is 3.75. The first-order valence-corrected chi connectivity index (χ1v) is 10.5. The molecule has 1 aromatic heterocycles. The molecule has 0 radical (unpaired) electrons. The lowest BCUT2D eigenvalue weighted by Crippen LogP contribution is -2.41. The molecule has 0 bridgehead atoms. The monoisotopic (exact) mass is 460 g/mol. The van der Waals surface area contributed by atoms with Crippen LogP contribution in [0.15, 0.2) is 58.1 Å². The van der Waals surface area contributed by atoms with Gasteiger partial charge in [-0.15, -0.1) is 0 Å². The van der Waals surface area contributed by atoms with E-state index in [1.165, 1.54) is 9.47 Å². The first kappa shape index (κ1) is 22.7. The molecule has 2 aromatic carbocycles. The average Bonchev–Trinajstić information content (AvgIpc) is 2.75. The van der Waals surface area contributed by atoms with E-state index in [0.717, 1.165) is 11.1 Å². The SMILES string of the molecule is CCN(C(=O)CCc1cccc(Cl)c1Cl)c1c(N)n(Cc2ccccc2)c(=O)[nH]c1=O. The molecule has 0 unspecified atom stereocenters. The molecule has 1 heterocycles. The maximum absolute atomic E-state index is 13.0. The second kappa shape index (κ2) is 9.85. The summed E-state index contributed by atoms with van der Waals surface area (Å²) in [7, 11) is 0. The molecule has 7 nitrogen and oxygen atoms in total. The van der Waals surface area contributed by atoms with Gasteiger partial charge in [-0.1, -0.05) is 65.7 Å². The lowest BCUT2D eigenvalue weighted by atomic mass is 10.1. The zero-order chi connectivity index (χ0) is 22.5. The van der Waals surface area contributed by atoms with Crippen LogP contribution in [0.1, 0.15) is 24.5 Å². The van der Waals surface area contributed by atoms with Crippen molar-refractivity contribution in [3.8, 4) is 0 Å². The normalized spacial score (nSPS) is 10.8. The molecule has 0 fully saturated rings. The molecular weight excluding hydrogens is 439 g/mol. The summed E-state index contributed by atoms with van der Waals surface area (Å²) in [5.74, 6) is -0.380. The minimum absolute atomic E-state index is 0.0415. The van der Waals surface area contributed by atoms with E-state index in [4.69, 9.17) is 28.9 Å². The molecule has 3 rings (SSSR count). The molecule has 3 N–H and O–H groups in total. The van der Waals surface area contributed by atoms with E-state index in [-0.39, 0.29) is 36.9 Å². The number of H-pyrrole nitrogens is 1. The van der Waals surface area contributed by atoms with Crippen molar-refractivity contribution in [2.45, 2.75) is 26.3 Å². The van der Waals surface area contributed by atoms with Crippen LogP contribution in [0.25, 0.3) is 0 Å². The van der Waals surface area contributed by atoms with Crippen molar-refractivity contribution in [1.82, 2.24) is 9.55 Å². The van der Waals surface area contributed by atoms with E-state index in [9.17, 15) is 14.4 Å². The van der Waals surface area contributed by atoms with Crippen LogP contribution in [0.5, 0.6) is 0 Å². The molecule has 1 amide bonds. The number of rotatable bonds is 7. The van der Waals surface area contributed by atoms with Gasteiger partial charge in [0.15, 0.2) is 5.69 Å². The Kier molecular flexibility index (Phi) is 7.20. The zero-order valence-corrected chi connectivity index (χ0v) is 18.4. The highest BCUT2D eigenvalue weighted by atomic mass is 35.5. The summed E-state index contributed by atoms with van der Waals surface area (Å²) >= 11 is 12.2. The number of aryl methyl sites for hydroxylation is 1. The van der Waals surface area contributed by atoms with Gasteiger partial charge in [-0.25, -0.2) is 4.79 Å². The van der Waals surface area contributed by atoms with E-state index < -0.39 is 11.2 Å². The first-order valence-electron chi connectivity index (χ1n) is 9.73. The summed E-state index contributed by atoms with van der Waals surface area (Å²) in [5, 5.41) is 0.807. The number of amides is 1. The number of benzene rings is 2. The van der Waals surface area contributed by atoms with Gasteiger partial charge in [0.1, 0.15) is 5.82 Å². The van der Waals surface area contributed by atoms with E-state index >= 15 is 0 Å². The number of aromatic nitrogens is 2. The lowest BCUT2D eigenvalue weighted by Gasteiger charge is -2.23. The van der Waals surface area contributed by atoms with Gasteiger partial charge in [-0.2, -0.15) is 0 Å². The van der Waals surface area contributed by atoms with Crippen LogP contribution in [0, 0.1) is 0 Å². The van der Waals surface area contributed by atoms with Gasteiger partial charge in [0.25, 0.3) is 5.56 Å². The Hall–Kier alpha value is -3.03. The summed E-state index contributed by atoms with van der Waals surface area (Å²) in [5.41, 5.74) is 6.39. The minimum atomic E-state index is -0.706. The number of anilines is 2. The summed E-state index contributed by atoms with van der Waals surface area (Å²) < 4.78 is 1.25. The average molecular weight is 461 g/mol. The van der Waals surface area contributed by atoms with E-state index in [1.54, 1.807) is 25.1 Å². The molecule has 9 heteroatoms. The number of carbonyl (C=O) groups is 1. The highest BCUT2D eigenvalue weighted by Gasteiger charge is 2.23. The third-order valence-electron chi connectivity index (χ3n) is 4.92. The molecule has 0 atom stereocenters. The largest absolute Gasteiger partial charge is 0.383 e. The van der Waals surface area contributed by atoms with Crippen LogP contribution in [-0.2, 0) is 17.8 Å². The zero-order valence-electron chi connectivity index (χ0n) is 16.9. The molecule has 0 saturated heterocycles. The second-order valence-electron chi connectivity index (χ2n) is 6.92. The summed E-state index contributed by atoms with van der Waals surface area (Å²) in [6, 6.07) is 14.4. The Labute approximate surface area is 189 Å². The van der Waals surface area contributed by atoms with Gasteiger partial charge in [-0.05, 0) is 30.5 Å². The number of nitrogens with two attached hydrogens (primary N) is 1. The second-order valence-corrected chi connectivity index (χ2v) is 7.70. The van der Waals surface area contributed by atoms with Crippen molar-refractivity contribution in [3.63, 3.8) is 0 Å². The van der Waals surface area contributed by atoms with Crippen molar-refractivity contribution in [2.24, 2.45) is 0 Å². The van der Waals surface area contributed by atoms with Gasteiger partial charge in [-0.3, -0.25) is 19.1 Å². The highest BCUT2D eigenvalue weighted by molar-refractivity contribution is 6.42. The van der Waals surface area contributed by atoms with Crippen molar-refractivity contribution in [3.05, 3.63) is 90.5 Å². The predicted molar refractivity (Wildman–Crippen MR) is 124 cm³/mol. The van der Waals surface area contributed by atoms with Crippen LogP contribution in [-0.4, -0.2) is 22.0 Å². The fourth-order valence-electron chi connectivity index (χ4n) is 3.34. The van der Waals surface area contributed by atoms with Crippen LogP contribution in [0.2, 0.25) is 10.0 Å². The predicted octanol–water partition coefficient (Wildman–Crippen LogP) is 3.46.